The zero-order chi connectivity index (χ0) is 13.5. The summed E-state index contributed by atoms with van der Waals surface area (Å²) < 4.78 is 42.1. The van der Waals surface area contributed by atoms with Crippen LogP contribution in [0.25, 0.3) is 10.9 Å². The lowest BCUT2D eigenvalue weighted by Gasteiger charge is -2.15. The van der Waals surface area contributed by atoms with Crippen molar-refractivity contribution in [2.24, 2.45) is 12.9 Å². The molecule has 0 spiro atoms. The summed E-state index contributed by atoms with van der Waals surface area (Å²) in [5.41, 5.74) is 0.496. The lowest BCUT2D eigenvalue weighted by molar-refractivity contribution is -0.147. The van der Waals surface area contributed by atoms with Gasteiger partial charge >= 0.3 is 11.8 Å². The van der Waals surface area contributed by atoms with Crippen molar-refractivity contribution in [2.75, 3.05) is 0 Å². The number of aryl methyl sites for hydroxylation is 1. The Morgan fingerprint density at radius 1 is 1.50 bits per heavy atom. The van der Waals surface area contributed by atoms with Gasteiger partial charge in [-0.25, -0.2) is 10.2 Å². The van der Waals surface area contributed by atoms with Crippen molar-refractivity contribution < 1.29 is 18.0 Å². The van der Waals surface area contributed by atoms with E-state index in [1.54, 1.807) is 7.05 Å². The summed E-state index contributed by atoms with van der Waals surface area (Å²) in [5, 5.41) is 4.17. The van der Waals surface area contributed by atoms with Crippen molar-refractivity contribution >= 4 is 16.8 Å². The van der Waals surface area contributed by atoms with E-state index in [1.165, 1.54) is 16.3 Å². The number of hydrogen-bond acceptors (Lipinski definition) is 3. The molecule has 96 valence electrons. The van der Waals surface area contributed by atoms with Crippen LogP contribution in [-0.4, -0.2) is 15.7 Å². The van der Waals surface area contributed by atoms with E-state index in [-0.39, 0.29) is 5.52 Å². The molecule has 1 aromatic heterocycles. The summed E-state index contributed by atoms with van der Waals surface area (Å²) in [7, 11) is 1.57. The predicted molar refractivity (Wildman–Crippen MR) is 56.9 cm³/mol. The van der Waals surface area contributed by atoms with Crippen LogP contribution in [0.5, 0.6) is 0 Å². The minimum Gasteiger partial charge on any atom is -0.289 e. The molecule has 1 amide bonds. The summed E-state index contributed by atoms with van der Waals surface area (Å²) in [5.74, 6) is -2.38. The van der Waals surface area contributed by atoms with Crippen LogP contribution in [0.2, 0.25) is 0 Å². The largest absolute Gasteiger partial charge is 0.353 e. The summed E-state index contributed by atoms with van der Waals surface area (Å²) in [4.78, 5) is 11.0. The van der Waals surface area contributed by atoms with Crippen LogP contribution in [0.3, 0.4) is 0 Å². The normalized spacial score (nSPS) is 11.8. The van der Waals surface area contributed by atoms with E-state index in [0.29, 0.717) is 5.39 Å². The average Bonchev–Trinajstić information content (AvgIpc) is 2.65. The third-order valence-electron chi connectivity index (χ3n) is 2.46. The molecule has 0 radical (unpaired) electrons. The van der Waals surface area contributed by atoms with E-state index in [2.05, 4.69) is 10.9 Å². The Morgan fingerprint density at radius 3 is 2.78 bits per heavy atom. The number of carbonyl (C=O) groups excluding carboxylic acids is 1. The number of amides is 1. The quantitative estimate of drug-likeness (QED) is 0.475. The Balaban J connectivity index is 2.63. The molecule has 0 aliphatic heterocycles. The Hall–Kier alpha value is -2.09. The van der Waals surface area contributed by atoms with Crippen molar-refractivity contribution in [3.63, 3.8) is 0 Å². The number of halogens is 3. The number of rotatable bonds is 2. The maximum atomic E-state index is 13.6. The third-order valence-corrected chi connectivity index (χ3v) is 2.46. The van der Waals surface area contributed by atoms with E-state index in [1.807, 2.05) is 0 Å². The number of hydrazine groups is 1. The molecule has 3 N–H and O–H groups in total. The van der Waals surface area contributed by atoms with E-state index in [4.69, 9.17) is 0 Å². The van der Waals surface area contributed by atoms with Crippen molar-refractivity contribution in [1.29, 1.82) is 0 Å². The fourth-order valence-corrected chi connectivity index (χ4v) is 1.62. The van der Waals surface area contributed by atoms with Gasteiger partial charge in [-0.2, -0.15) is 13.9 Å². The fraction of sp³-hybridized carbons (Fsp3) is 0.200. The Labute approximate surface area is 99.3 Å². The number of nitrogens with two attached hydrogens (primary N) is 1. The molecule has 0 aliphatic carbocycles. The van der Waals surface area contributed by atoms with Gasteiger partial charge in [0.15, 0.2) is 0 Å². The highest BCUT2D eigenvalue weighted by Gasteiger charge is 2.43. The summed E-state index contributed by atoms with van der Waals surface area (Å²) in [6.07, 6.45) is 1.44. The van der Waals surface area contributed by atoms with Gasteiger partial charge in [0.05, 0.1) is 11.1 Å². The lowest BCUT2D eigenvalue weighted by Crippen LogP contribution is -2.42. The van der Waals surface area contributed by atoms with Gasteiger partial charge in [-0.3, -0.25) is 14.9 Å². The van der Waals surface area contributed by atoms with Gasteiger partial charge in [0, 0.05) is 24.7 Å². The van der Waals surface area contributed by atoms with Crippen molar-refractivity contribution in [3.05, 3.63) is 29.7 Å². The van der Waals surface area contributed by atoms with Gasteiger partial charge < -0.3 is 0 Å². The second kappa shape index (κ2) is 3.98. The highest BCUT2D eigenvalue weighted by molar-refractivity contribution is 5.87. The average molecular weight is 258 g/mol. The molecule has 0 unspecified atom stereocenters. The second-order valence-electron chi connectivity index (χ2n) is 3.74. The SMILES string of the molecule is Cn1cc2cc(C(F)(F)C(=O)NN)c(F)cc2n1. The van der Waals surface area contributed by atoms with Crippen LogP contribution in [0, 0.1) is 5.82 Å². The number of carbonyl (C=O) groups is 1. The maximum Gasteiger partial charge on any atom is 0.353 e. The van der Waals surface area contributed by atoms with Crippen molar-refractivity contribution in [3.8, 4) is 0 Å². The maximum absolute atomic E-state index is 13.6. The van der Waals surface area contributed by atoms with Crippen LogP contribution in [-0.2, 0) is 17.8 Å². The van der Waals surface area contributed by atoms with Gasteiger partial charge in [-0.1, -0.05) is 0 Å². The molecule has 1 aromatic carbocycles. The van der Waals surface area contributed by atoms with Crippen LogP contribution in [0.4, 0.5) is 13.2 Å². The zero-order valence-corrected chi connectivity index (χ0v) is 9.25. The molecule has 0 fully saturated rings. The number of nitrogens with one attached hydrogen (secondary N) is 1. The summed E-state index contributed by atoms with van der Waals surface area (Å²) >= 11 is 0. The number of fused-ring (bicyclic) bond motifs is 1. The molecule has 18 heavy (non-hydrogen) atoms. The highest BCUT2D eigenvalue weighted by atomic mass is 19.3. The number of alkyl halides is 2. The minimum atomic E-state index is -4.04. The molecule has 0 saturated carbocycles. The first-order chi connectivity index (χ1) is 8.36. The topological polar surface area (TPSA) is 72.9 Å². The number of nitrogens with zero attached hydrogens (tertiary/aromatic N) is 2. The van der Waals surface area contributed by atoms with E-state index >= 15 is 0 Å². The Bertz CT molecular complexity index is 623. The zero-order valence-electron chi connectivity index (χ0n) is 9.25. The first-order valence-corrected chi connectivity index (χ1v) is 4.88. The number of benzene rings is 1. The Kier molecular flexibility index (Phi) is 2.74. The van der Waals surface area contributed by atoms with Gasteiger partial charge in [0.2, 0.25) is 0 Å². The molecule has 0 aliphatic rings. The van der Waals surface area contributed by atoms with Crippen LogP contribution in [0.1, 0.15) is 5.56 Å². The fourth-order valence-electron chi connectivity index (χ4n) is 1.62. The highest BCUT2D eigenvalue weighted by Crippen LogP contribution is 2.32. The molecule has 0 saturated heterocycles. The molecule has 5 nitrogen and oxygen atoms in total. The third kappa shape index (κ3) is 1.80. The van der Waals surface area contributed by atoms with E-state index in [9.17, 15) is 18.0 Å². The van der Waals surface area contributed by atoms with E-state index < -0.39 is 23.2 Å². The van der Waals surface area contributed by atoms with Crippen molar-refractivity contribution in [2.45, 2.75) is 5.92 Å². The van der Waals surface area contributed by atoms with Crippen LogP contribution in [0.15, 0.2) is 18.3 Å². The number of hydrogen-bond donors (Lipinski definition) is 2. The van der Waals surface area contributed by atoms with Crippen molar-refractivity contribution in [1.82, 2.24) is 15.2 Å². The molecule has 2 rings (SSSR count). The van der Waals surface area contributed by atoms with Gasteiger partial charge in [0.25, 0.3) is 0 Å². The molecule has 0 bridgehead atoms. The van der Waals surface area contributed by atoms with Crippen LogP contribution >= 0.6 is 0 Å². The molecule has 1 heterocycles. The Morgan fingerprint density at radius 2 is 2.17 bits per heavy atom. The van der Waals surface area contributed by atoms with Gasteiger partial charge in [-0.15, -0.1) is 0 Å². The van der Waals surface area contributed by atoms with E-state index in [0.717, 1.165) is 12.1 Å². The predicted octanol–water partition coefficient (Wildman–Crippen LogP) is 0.794. The molecule has 8 heteroatoms. The lowest BCUT2D eigenvalue weighted by atomic mass is 10.1. The first kappa shape index (κ1) is 12.4. The summed E-state index contributed by atoms with van der Waals surface area (Å²) in [6, 6.07) is 1.73. The second-order valence-corrected chi connectivity index (χ2v) is 3.74. The molecular formula is C10H9F3N4O. The first-order valence-electron chi connectivity index (χ1n) is 4.88. The standard InChI is InChI=1S/C10H9F3N4O/c1-17-4-5-2-6(7(11)3-8(5)16-17)10(12,13)9(18)15-14/h2-4H,14H2,1H3,(H,15,18). The molecule has 0 atom stereocenters. The van der Waals surface area contributed by atoms with Gasteiger partial charge in [-0.05, 0) is 6.07 Å². The van der Waals surface area contributed by atoms with Gasteiger partial charge in [0.1, 0.15) is 5.82 Å². The van der Waals surface area contributed by atoms with Crippen LogP contribution < -0.4 is 11.3 Å². The number of aromatic nitrogens is 2. The minimum absolute atomic E-state index is 0.225. The molecular weight excluding hydrogens is 249 g/mol. The molecule has 2 aromatic rings. The smallest absolute Gasteiger partial charge is 0.289 e. The monoisotopic (exact) mass is 258 g/mol. The summed E-state index contributed by atoms with van der Waals surface area (Å²) in [6.45, 7) is 0.